The molecule has 6 heteroatoms. The summed E-state index contributed by atoms with van der Waals surface area (Å²) in [5.74, 6) is -0.894. The van der Waals surface area contributed by atoms with Gasteiger partial charge >= 0.3 is 11.9 Å². The van der Waals surface area contributed by atoms with Crippen LogP contribution >= 0.6 is 11.5 Å². The van der Waals surface area contributed by atoms with Crippen molar-refractivity contribution in [3.8, 4) is 0 Å². The van der Waals surface area contributed by atoms with E-state index in [1.807, 2.05) is 0 Å². The molecule has 0 bridgehead atoms. The molecule has 0 amide bonds. The Hall–Kier alpha value is -0.750. The van der Waals surface area contributed by atoms with Crippen LogP contribution < -0.4 is 0 Å². The molecule has 0 aliphatic carbocycles. The van der Waals surface area contributed by atoms with E-state index in [-0.39, 0.29) is 12.8 Å². The van der Waals surface area contributed by atoms with Crippen molar-refractivity contribution in [3.05, 3.63) is 0 Å². The number of unbranched alkanes of at least 4 members (excludes halogenated alkanes) is 9. The summed E-state index contributed by atoms with van der Waals surface area (Å²) in [6.07, 6.45) is 13.1. The van der Waals surface area contributed by atoms with E-state index in [2.05, 4.69) is 6.92 Å². The molecule has 0 rings (SSSR count). The summed E-state index contributed by atoms with van der Waals surface area (Å²) in [6.45, 7) is 5.57. The van der Waals surface area contributed by atoms with Gasteiger partial charge in [-0.05, 0) is 12.8 Å². The fourth-order valence-electron chi connectivity index (χ4n) is 2.39. The summed E-state index contributed by atoms with van der Waals surface area (Å²) in [5, 5.41) is 10.2. The molecule has 1 N–H and O–H groups in total. The van der Waals surface area contributed by atoms with E-state index in [0.29, 0.717) is 6.42 Å². The summed E-state index contributed by atoms with van der Waals surface area (Å²) >= 11 is -1.89. The third kappa shape index (κ3) is 14.1. The highest BCUT2D eigenvalue weighted by Crippen LogP contribution is 2.36. The number of aliphatic hydroxyl groups is 1. The van der Waals surface area contributed by atoms with Crippen LogP contribution in [0.25, 0.3) is 0 Å². The van der Waals surface area contributed by atoms with Crippen molar-refractivity contribution in [2.24, 2.45) is 0 Å². The average molecular weight is 379 g/mol. The maximum Gasteiger partial charge on any atom is 0.328 e. The van der Waals surface area contributed by atoms with E-state index in [4.69, 9.17) is 8.37 Å². The Bertz CT molecular complexity index is 331. The molecule has 0 spiro atoms. The maximum atomic E-state index is 11.4. The van der Waals surface area contributed by atoms with Gasteiger partial charge in [0.2, 0.25) is 0 Å². The van der Waals surface area contributed by atoms with E-state index in [0.717, 1.165) is 19.3 Å². The van der Waals surface area contributed by atoms with E-state index < -0.39 is 28.8 Å². The summed E-state index contributed by atoms with van der Waals surface area (Å²) in [5.41, 5.74) is -0.893. The lowest BCUT2D eigenvalue weighted by molar-refractivity contribution is -0.136. The van der Waals surface area contributed by atoms with Crippen LogP contribution in [0.1, 0.15) is 104 Å². The van der Waals surface area contributed by atoms with Crippen molar-refractivity contribution in [1.82, 2.24) is 0 Å². The third-order valence-electron chi connectivity index (χ3n) is 4.02. The van der Waals surface area contributed by atoms with Gasteiger partial charge in [-0.2, -0.15) is 0 Å². The lowest BCUT2D eigenvalue weighted by Gasteiger charge is -2.28. The highest BCUT2D eigenvalue weighted by Gasteiger charge is 2.19. The van der Waals surface area contributed by atoms with Crippen molar-refractivity contribution < 1.29 is 23.1 Å². The normalized spacial score (nSPS) is 12.6. The molecule has 0 heterocycles. The zero-order chi connectivity index (χ0) is 18.9. The second kappa shape index (κ2) is 16.7. The molecule has 0 saturated carbocycles. The predicted octanol–water partition coefficient (Wildman–Crippen LogP) is 5.35. The smallest absolute Gasteiger partial charge is 0.328 e. The van der Waals surface area contributed by atoms with Crippen LogP contribution in [0.4, 0.5) is 0 Å². The second-order valence-corrected chi connectivity index (χ2v) is 7.90. The highest BCUT2D eigenvalue weighted by atomic mass is 32.2. The zero-order valence-electron chi connectivity index (χ0n) is 16.3. The fourth-order valence-corrected chi connectivity index (χ4v) is 3.72. The van der Waals surface area contributed by atoms with Gasteiger partial charge in [-0.15, -0.1) is 0 Å². The van der Waals surface area contributed by atoms with E-state index in [1.54, 1.807) is 13.8 Å². The molecule has 0 aromatic rings. The maximum absolute atomic E-state index is 11.4. The van der Waals surface area contributed by atoms with Gasteiger partial charge < -0.3 is 13.5 Å². The van der Waals surface area contributed by atoms with Crippen LogP contribution in [0.2, 0.25) is 0 Å². The molecule has 0 aliphatic heterocycles. The lowest BCUT2D eigenvalue weighted by Crippen LogP contribution is -2.17. The summed E-state index contributed by atoms with van der Waals surface area (Å²) in [4.78, 5) is 22.9. The minimum atomic E-state index is -1.89. The lowest BCUT2D eigenvalue weighted by atomic mass is 10.1. The van der Waals surface area contributed by atoms with E-state index in [1.165, 1.54) is 44.9 Å². The van der Waals surface area contributed by atoms with Crippen LogP contribution in [0.15, 0.2) is 0 Å². The first-order valence-corrected chi connectivity index (χ1v) is 11.2. The van der Waals surface area contributed by atoms with E-state index >= 15 is 0 Å². The molecule has 0 radical (unpaired) electrons. The minimum Gasteiger partial charge on any atom is -0.372 e. The SMILES string of the molecule is CCCCCCCCCCCCC(O)[SH](OC(=O)CC)OC(=O)CC. The number of thiol groups is 1. The third-order valence-corrected chi connectivity index (χ3v) is 5.53. The van der Waals surface area contributed by atoms with Gasteiger partial charge in [0.1, 0.15) is 0 Å². The standard InChI is InChI=1S/C19H38O5S/c1-4-7-8-9-10-11-12-13-14-15-16-19(22)25(23-17(20)5-2)24-18(21)6-3/h19,22,25H,4-16H2,1-3H3. The fraction of sp³-hybridized carbons (Fsp3) is 0.895. The Morgan fingerprint density at radius 2 is 1.16 bits per heavy atom. The quantitative estimate of drug-likeness (QED) is 0.280. The molecule has 0 aromatic heterocycles. The van der Waals surface area contributed by atoms with Crippen molar-refractivity contribution >= 4 is 23.4 Å². The number of rotatable bonds is 16. The molecule has 1 unspecified atom stereocenters. The first-order valence-electron chi connectivity index (χ1n) is 9.93. The van der Waals surface area contributed by atoms with Gasteiger partial charge in [0.05, 0.1) is 0 Å². The molecular weight excluding hydrogens is 340 g/mol. The van der Waals surface area contributed by atoms with E-state index in [9.17, 15) is 14.7 Å². The summed E-state index contributed by atoms with van der Waals surface area (Å²) in [6, 6.07) is 0. The Balaban J connectivity index is 3.87. The molecular formula is C19H38O5S. The van der Waals surface area contributed by atoms with Crippen molar-refractivity contribution in [2.75, 3.05) is 0 Å². The Morgan fingerprint density at radius 1 is 0.760 bits per heavy atom. The molecule has 0 aliphatic rings. The first kappa shape index (κ1) is 24.2. The Labute approximate surface area is 156 Å². The summed E-state index contributed by atoms with van der Waals surface area (Å²) < 4.78 is 10.2. The minimum absolute atomic E-state index is 0.202. The van der Waals surface area contributed by atoms with Crippen LogP contribution in [0.5, 0.6) is 0 Å². The number of carbonyl (C=O) groups is 2. The molecule has 5 nitrogen and oxygen atoms in total. The zero-order valence-corrected chi connectivity index (χ0v) is 17.2. The van der Waals surface area contributed by atoms with Crippen LogP contribution in [0, 0.1) is 0 Å². The van der Waals surface area contributed by atoms with Gasteiger partial charge in [-0.3, -0.25) is 9.59 Å². The van der Waals surface area contributed by atoms with Crippen LogP contribution in [-0.4, -0.2) is 22.5 Å². The predicted molar refractivity (Wildman–Crippen MR) is 104 cm³/mol. The second-order valence-electron chi connectivity index (χ2n) is 6.37. The van der Waals surface area contributed by atoms with Gasteiger partial charge in [0, 0.05) is 12.8 Å². The molecule has 25 heavy (non-hydrogen) atoms. The number of hydrogen-bond acceptors (Lipinski definition) is 5. The van der Waals surface area contributed by atoms with Crippen LogP contribution in [0.3, 0.4) is 0 Å². The van der Waals surface area contributed by atoms with Crippen molar-refractivity contribution in [2.45, 2.75) is 110 Å². The molecule has 0 fully saturated rings. The van der Waals surface area contributed by atoms with Crippen molar-refractivity contribution in [1.29, 1.82) is 0 Å². The largest absolute Gasteiger partial charge is 0.372 e. The van der Waals surface area contributed by atoms with Crippen molar-refractivity contribution in [3.63, 3.8) is 0 Å². The highest BCUT2D eigenvalue weighted by molar-refractivity contribution is 8.09. The monoisotopic (exact) mass is 378 g/mol. The topological polar surface area (TPSA) is 72.8 Å². The van der Waals surface area contributed by atoms with Gasteiger partial charge in [-0.1, -0.05) is 90.0 Å². The molecule has 0 saturated heterocycles. The van der Waals surface area contributed by atoms with Crippen LogP contribution in [-0.2, 0) is 18.0 Å². The number of aliphatic hydroxyl groups excluding tert-OH is 1. The van der Waals surface area contributed by atoms with Gasteiger partial charge in [-0.25, -0.2) is 0 Å². The summed E-state index contributed by atoms with van der Waals surface area (Å²) in [7, 11) is 0. The Morgan fingerprint density at radius 3 is 1.56 bits per heavy atom. The van der Waals surface area contributed by atoms with Gasteiger partial charge in [0.25, 0.3) is 0 Å². The molecule has 150 valence electrons. The average Bonchev–Trinajstić information content (AvgIpc) is 2.62. The number of carbonyl (C=O) groups excluding carboxylic acids is 2. The van der Waals surface area contributed by atoms with Gasteiger partial charge in [0.15, 0.2) is 5.44 Å². The molecule has 1 atom stereocenters. The molecule has 0 aromatic carbocycles. The Kier molecular flexibility index (Phi) is 16.2. The number of hydrogen-bond donors (Lipinski definition) is 2. The first-order chi connectivity index (χ1) is 12.0.